The largest absolute Gasteiger partial charge is 0.353 e. The molecule has 1 aromatic carbocycles. The number of aromatic nitrogens is 2. The Labute approximate surface area is 142 Å². The summed E-state index contributed by atoms with van der Waals surface area (Å²) in [7, 11) is 0. The SMILES string of the molecule is CC(C(=O)NCc1ccccc1)N1CCN(c2cnccn2)CC1. The van der Waals surface area contributed by atoms with Crippen molar-refractivity contribution >= 4 is 11.7 Å². The second kappa shape index (κ2) is 7.88. The number of carbonyl (C=O) groups excluding carboxylic acids is 1. The smallest absolute Gasteiger partial charge is 0.237 e. The van der Waals surface area contributed by atoms with Crippen molar-refractivity contribution in [2.45, 2.75) is 19.5 Å². The molecule has 1 atom stereocenters. The van der Waals surface area contributed by atoms with Gasteiger partial charge in [0.2, 0.25) is 5.91 Å². The van der Waals surface area contributed by atoms with Crippen LogP contribution in [0.25, 0.3) is 0 Å². The van der Waals surface area contributed by atoms with Gasteiger partial charge in [-0.1, -0.05) is 30.3 Å². The molecule has 1 aromatic heterocycles. The van der Waals surface area contributed by atoms with Crippen LogP contribution in [0.5, 0.6) is 0 Å². The Morgan fingerprint density at radius 2 is 1.92 bits per heavy atom. The van der Waals surface area contributed by atoms with Crippen LogP contribution >= 0.6 is 0 Å². The first-order valence-corrected chi connectivity index (χ1v) is 8.30. The Bertz CT molecular complexity index is 641. The molecule has 6 heteroatoms. The fraction of sp³-hybridized carbons (Fsp3) is 0.389. The molecule has 1 fully saturated rings. The van der Waals surface area contributed by atoms with Gasteiger partial charge in [0.25, 0.3) is 0 Å². The standard InChI is InChI=1S/C18H23N5O/c1-15(18(24)21-13-16-5-3-2-4-6-16)22-9-11-23(12-10-22)17-14-19-7-8-20-17/h2-8,14-15H,9-13H2,1H3,(H,21,24). The number of hydrogen-bond acceptors (Lipinski definition) is 5. The third-order valence-electron chi connectivity index (χ3n) is 4.42. The van der Waals surface area contributed by atoms with Crippen molar-refractivity contribution in [3.63, 3.8) is 0 Å². The van der Waals surface area contributed by atoms with E-state index in [4.69, 9.17) is 0 Å². The maximum absolute atomic E-state index is 12.4. The average molecular weight is 325 g/mol. The molecule has 2 heterocycles. The molecule has 3 rings (SSSR count). The number of rotatable bonds is 5. The Balaban J connectivity index is 1.47. The molecule has 1 aliphatic heterocycles. The van der Waals surface area contributed by atoms with E-state index in [0.717, 1.165) is 37.6 Å². The highest BCUT2D eigenvalue weighted by molar-refractivity contribution is 5.81. The van der Waals surface area contributed by atoms with Gasteiger partial charge in [-0.15, -0.1) is 0 Å². The lowest BCUT2D eigenvalue weighted by atomic mass is 10.2. The van der Waals surface area contributed by atoms with Crippen LogP contribution < -0.4 is 10.2 Å². The maximum Gasteiger partial charge on any atom is 0.237 e. The zero-order valence-electron chi connectivity index (χ0n) is 13.9. The molecule has 1 amide bonds. The quantitative estimate of drug-likeness (QED) is 0.898. The summed E-state index contributed by atoms with van der Waals surface area (Å²) in [6, 6.07) is 9.85. The van der Waals surface area contributed by atoms with E-state index in [2.05, 4.69) is 25.1 Å². The van der Waals surface area contributed by atoms with Crippen molar-refractivity contribution in [1.29, 1.82) is 0 Å². The molecule has 0 saturated carbocycles. The van der Waals surface area contributed by atoms with E-state index in [1.807, 2.05) is 37.3 Å². The highest BCUT2D eigenvalue weighted by Crippen LogP contribution is 2.13. The second-order valence-electron chi connectivity index (χ2n) is 5.97. The summed E-state index contributed by atoms with van der Waals surface area (Å²) in [5, 5.41) is 3.02. The van der Waals surface area contributed by atoms with Gasteiger partial charge in [-0.05, 0) is 12.5 Å². The molecule has 1 aliphatic rings. The van der Waals surface area contributed by atoms with Gasteiger partial charge in [-0.3, -0.25) is 14.7 Å². The third kappa shape index (κ3) is 4.08. The van der Waals surface area contributed by atoms with Crippen LogP contribution in [-0.4, -0.2) is 53.0 Å². The third-order valence-corrected chi connectivity index (χ3v) is 4.42. The number of amides is 1. The van der Waals surface area contributed by atoms with E-state index >= 15 is 0 Å². The van der Waals surface area contributed by atoms with Gasteiger partial charge >= 0.3 is 0 Å². The van der Waals surface area contributed by atoms with Crippen molar-refractivity contribution in [3.8, 4) is 0 Å². The van der Waals surface area contributed by atoms with E-state index in [-0.39, 0.29) is 11.9 Å². The number of carbonyl (C=O) groups is 1. The normalized spacial score (nSPS) is 16.6. The summed E-state index contributed by atoms with van der Waals surface area (Å²) in [4.78, 5) is 25.2. The van der Waals surface area contributed by atoms with Crippen molar-refractivity contribution in [2.75, 3.05) is 31.1 Å². The van der Waals surface area contributed by atoms with Crippen LogP contribution in [0.2, 0.25) is 0 Å². The zero-order valence-corrected chi connectivity index (χ0v) is 13.9. The van der Waals surface area contributed by atoms with Crippen LogP contribution in [0.3, 0.4) is 0 Å². The van der Waals surface area contributed by atoms with Gasteiger partial charge in [0.15, 0.2) is 0 Å². The first kappa shape index (κ1) is 16.4. The number of nitrogens with one attached hydrogen (secondary N) is 1. The minimum absolute atomic E-state index is 0.0757. The Hall–Kier alpha value is -2.47. The lowest BCUT2D eigenvalue weighted by molar-refractivity contribution is -0.126. The van der Waals surface area contributed by atoms with Gasteiger partial charge < -0.3 is 10.2 Å². The monoisotopic (exact) mass is 325 g/mol. The van der Waals surface area contributed by atoms with Crippen LogP contribution in [0.15, 0.2) is 48.9 Å². The number of hydrogen-bond donors (Lipinski definition) is 1. The van der Waals surface area contributed by atoms with Crippen LogP contribution in [0, 0.1) is 0 Å². The Morgan fingerprint density at radius 1 is 1.17 bits per heavy atom. The van der Waals surface area contributed by atoms with E-state index in [1.165, 1.54) is 0 Å². The summed E-state index contributed by atoms with van der Waals surface area (Å²) in [5.41, 5.74) is 1.12. The first-order valence-electron chi connectivity index (χ1n) is 8.30. The molecule has 1 unspecified atom stereocenters. The summed E-state index contributed by atoms with van der Waals surface area (Å²) in [6.07, 6.45) is 5.17. The molecule has 0 bridgehead atoms. The fourth-order valence-electron chi connectivity index (χ4n) is 2.89. The predicted octanol–water partition coefficient (Wildman–Crippen LogP) is 1.30. The lowest BCUT2D eigenvalue weighted by Crippen LogP contribution is -2.54. The van der Waals surface area contributed by atoms with Crippen LogP contribution in [-0.2, 0) is 11.3 Å². The highest BCUT2D eigenvalue weighted by atomic mass is 16.2. The maximum atomic E-state index is 12.4. The topological polar surface area (TPSA) is 61.4 Å². The highest BCUT2D eigenvalue weighted by Gasteiger charge is 2.25. The van der Waals surface area contributed by atoms with Crippen LogP contribution in [0.4, 0.5) is 5.82 Å². The van der Waals surface area contributed by atoms with Crippen molar-refractivity contribution < 1.29 is 4.79 Å². The van der Waals surface area contributed by atoms with Crippen LogP contribution in [0.1, 0.15) is 12.5 Å². The molecular formula is C18H23N5O. The Kier molecular flexibility index (Phi) is 5.38. The molecule has 2 aromatic rings. The number of nitrogens with zero attached hydrogens (tertiary/aromatic N) is 4. The van der Waals surface area contributed by atoms with E-state index in [9.17, 15) is 4.79 Å². The summed E-state index contributed by atoms with van der Waals surface area (Å²) < 4.78 is 0. The Morgan fingerprint density at radius 3 is 2.58 bits per heavy atom. The van der Waals surface area contributed by atoms with Crippen molar-refractivity contribution in [1.82, 2.24) is 20.2 Å². The average Bonchev–Trinajstić information content (AvgIpc) is 2.67. The van der Waals surface area contributed by atoms with Gasteiger partial charge in [0.05, 0.1) is 12.2 Å². The molecular weight excluding hydrogens is 302 g/mol. The minimum Gasteiger partial charge on any atom is -0.353 e. The first-order chi connectivity index (χ1) is 11.7. The molecule has 1 N–H and O–H groups in total. The van der Waals surface area contributed by atoms with Crippen molar-refractivity contribution in [3.05, 3.63) is 54.5 Å². The molecule has 1 saturated heterocycles. The molecule has 0 aliphatic carbocycles. The fourth-order valence-corrected chi connectivity index (χ4v) is 2.89. The second-order valence-corrected chi connectivity index (χ2v) is 5.97. The van der Waals surface area contributed by atoms with Gasteiger partial charge in [-0.2, -0.15) is 0 Å². The van der Waals surface area contributed by atoms with Gasteiger partial charge in [-0.25, -0.2) is 4.98 Å². The summed E-state index contributed by atoms with van der Waals surface area (Å²) in [6.45, 7) is 5.94. The number of anilines is 1. The van der Waals surface area contributed by atoms with E-state index < -0.39 is 0 Å². The number of benzene rings is 1. The summed E-state index contributed by atoms with van der Waals surface area (Å²) in [5.74, 6) is 0.977. The summed E-state index contributed by atoms with van der Waals surface area (Å²) >= 11 is 0. The van der Waals surface area contributed by atoms with E-state index in [0.29, 0.717) is 6.54 Å². The lowest BCUT2D eigenvalue weighted by Gasteiger charge is -2.37. The van der Waals surface area contributed by atoms with E-state index in [1.54, 1.807) is 18.6 Å². The van der Waals surface area contributed by atoms with Gasteiger partial charge in [0.1, 0.15) is 5.82 Å². The zero-order chi connectivity index (χ0) is 16.8. The molecule has 0 radical (unpaired) electrons. The van der Waals surface area contributed by atoms with Gasteiger partial charge in [0, 0.05) is 45.1 Å². The molecule has 6 nitrogen and oxygen atoms in total. The molecule has 0 spiro atoms. The van der Waals surface area contributed by atoms with Crippen molar-refractivity contribution in [2.24, 2.45) is 0 Å². The minimum atomic E-state index is -0.127. The number of piperazine rings is 1. The molecule has 126 valence electrons. The molecule has 24 heavy (non-hydrogen) atoms. The predicted molar refractivity (Wildman–Crippen MR) is 93.6 cm³/mol.